The van der Waals surface area contributed by atoms with Crippen LogP contribution < -0.4 is 5.32 Å². The predicted octanol–water partition coefficient (Wildman–Crippen LogP) is 2.33. The molecule has 0 aliphatic carbocycles. The van der Waals surface area contributed by atoms with Gasteiger partial charge in [0.05, 0.1) is 24.9 Å². The SMILES string of the molecule is CNCC(c1c(Cl)nc(-c2ccccc2)n1C)N1CCOCC1. The Morgan fingerprint density at radius 1 is 1.26 bits per heavy atom. The first kappa shape index (κ1) is 16.5. The summed E-state index contributed by atoms with van der Waals surface area (Å²) >= 11 is 6.53. The maximum absolute atomic E-state index is 6.53. The highest BCUT2D eigenvalue weighted by Crippen LogP contribution is 2.31. The zero-order valence-electron chi connectivity index (χ0n) is 13.6. The van der Waals surface area contributed by atoms with Gasteiger partial charge in [0.15, 0.2) is 5.15 Å². The number of imidazole rings is 1. The van der Waals surface area contributed by atoms with Gasteiger partial charge in [-0.05, 0) is 7.05 Å². The van der Waals surface area contributed by atoms with Crippen molar-refractivity contribution in [3.8, 4) is 11.4 Å². The van der Waals surface area contributed by atoms with Gasteiger partial charge < -0.3 is 14.6 Å². The second-order valence-electron chi connectivity index (χ2n) is 5.76. The van der Waals surface area contributed by atoms with Crippen molar-refractivity contribution in [1.82, 2.24) is 19.8 Å². The van der Waals surface area contributed by atoms with Gasteiger partial charge in [-0.2, -0.15) is 0 Å². The van der Waals surface area contributed by atoms with E-state index in [2.05, 4.69) is 31.9 Å². The van der Waals surface area contributed by atoms with Gasteiger partial charge in [-0.15, -0.1) is 0 Å². The molecule has 1 aliphatic heterocycles. The fourth-order valence-corrected chi connectivity index (χ4v) is 3.50. The van der Waals surface area contributed by atoms with E-state index in [1.165, 1.54) is 0 Å². The molecule has 1 fully saturated rings. The summed E-state index contributed by atoms with van der Waals surface area (Å²) in [7, 11) is 4.01. The minimum Gasteiger partial charge on any atom is -0.379 e. The molecule has 1 aliphatic rings. The third-order valence-corrected chi connectivity index (χ3v) is 4.60. The summed E-state index contributed by atoms with van der Waals surface area (Å²) < 4.78 is 7.60. The van der Waals surface area contributed by atoms with E-state index in [4.69, 9.17) is 16.3 Å². The fraction of sp³-hybridized carbons (Fsp3) is 0.471. The van der Waals surface area contributed by atoms with E-state index in [9.17, 15) is 0 Å². The van der Waals surface area contributed by atoms with Crippen LogP contribution in [-0.4, -0.2) is 54.3 Å². The summed E-state index contributed by atoms with van der Waals surface area (Å²) in [5, 5.41) is 3.87. The predicted molar refractivity (Wildman–Crippen MR) is 92.7 cm³/mol. The number of morpholine rings is 1. The zero-order chi connectivity index (χ0) is 16.2. The van der Waals surface area contributed by atoms with Crippen LogP contribution in [0.2, 0.25) is 5.15 Å². The first-order chi connectivity index (χ1) is 11.2. The standard InChI is InChI=1S/C17H23ClN4O/c1-19-12-14(22-8-10-23-11-9-22)15-16(18)20-17(21(15)2)13-6-4-3-5-7-13/h3-7,14,19H,8-12H2,1-2H3. The Balaban J connectivity index is 1.98. The molecule has 1 N–H and O–H groups in total. The maximum Gasteiger partial charge on any atom is 0.152 e. The highest BCUT2D eigenvalue weighted by molar-refractivity contribution is 6.30. The van der Waals surface area contributed by atoms with Crippen LogP contribution in [0.3, 0.4) is 0 Å². The molecular weight excluding hydrogens is 312 g/mol. The summed E-state index contributed by atoms with van der Waals surface area (Å²) in [4.78, 5) is 7.04. The molecule has 0 saturated carbocycles. The number of nitrogens with zero attached hydrogens (tertiary/aromatic N) is 3. The highest BCUT2D eigenvalue weighted by Gasteiger charge is 2.28. The van der Waals surface area contributed by atoms with Gasteiger partial charge in [-0.1, -0.05) is 41.9 Å². The molecule has 1 aromatic heterocycles. The maximum atomic E-state index is 6.53. The lowest BCUT2D eigenvalue weighted by Gasteiger charge is -2.34. The zero-order valence-corrected chi connectivity index (χ0v) is 14.4. The van der Waals surface area contributed by atoms with Gasteiger partial charge in [0, 0.05) is 32.2 Å². The largest absolute Gasteiger partial charge is 0.379 e. The first-order valence-electron chi connectivity index (χ1n) is 7.96. The molecule has 0 radical (unpaired) electrons. The van der Waals surface area contributed by atoms with E-state index in [0.29, 0.717) is 5.15 Å². The molecule has 2 aromatic rings. The van der Waals surface area contributed by atoms with Gasteiger partial charge >= 0.3 is 0 Å². The van der Waals surface area contributed by atoms with Crippen molar-refractivity contribution in [2.45, 2.75) is 6.04 Å². The summed E-state index contributed by atoms with van der Waals surface area (Å²) in [5.74, 6) is 0.903. The topological polar surface area (TPSA) is 42.3 Å². The first-order valence-corrected chi connectivity index (χ1v) is 8.34. The van der Waals surface area contributed by atoms with Crippen LogP contribution in [0.15, 0.2) is 30.3 Å². The normalized spacial score (nSPS) is 17.3. The molecular formula is C17H23ClN4O. The second-order valence-corrected chi connectivity index (χ2v) is 6.12. The summed E-state index contributed by atoms with van der Waals surface area (Å²) in [6, 6.07) is 10.3. The molecule has 0 amide bonds. The molecule has 3 rings (SSSR count). The average molecular weight is 335 g/mol. The molecule has 6 heteroatoms. The molecule has 1 aromatic carbocycles. The van der Waals surface area contributed by atoms with Crippen LogP contribution in [0.4, 0.5) is 0 Å². The molecule has 0 spiro atoms. The summed E-state index contributed by atoms with van der Waals surface area (Å²) in [6.07, 6.45) is 0. The lowest BCUT2D eigenvalue weighted by molar-refractivity contribution is 0.0151. The number of hydrogen-bond donors (Lipinski definition) is 1. The smallest absolute Gasteiger partial charge is 0.152 e. The number of hydrogen-bond acceptors (Lipinski definition) is 4. The summed E-state index contributed by atoms with van der Waals surface area (Å²) in [6.45, 7) is 4.18. The fourth-order valence-electron chi connectivity index (χ4n) is 3.17. The van der Waals surface area contributed by atoms with E-state index in [0.717, 1.165) is 49.9 Å². The number of aromatic nitrogens is 2. The lowest BCUT2D eigenvalue weighted by atomic mass is 10.1. The number of ether oxygens (including phenoxy) is 1. The van der Waals surface area contributed by atoms with E-state index < -0.39 is 0 Å². The van der Waals surface area contributed by atoms with Crippen molar-refractivity contribution < 1.29 is 4.74 Å². The van der Waals surface area contributed by atoms with Crippen LogP contribution in [0.1, 0.15) is 11.7 Å². The minimum absolute atomic E-state index is 0.186. The molecule has 124 valence electrons. The Labute approximate surface area is 142 Å². The Morgan fingerprint density at radius 2 is 1.96 bits per heavy atom. The minimum atomic E-state index is 0.186. The van der Waals surface area contributed by atoms with Gasteiger partial charge in [0.2, 0.25) is 0 Å². The molecule has 1 atom stereocenters. The van der Waals surface area contributed by atoms with Crippen molar-refractivity contribution in [2.75, 3.05) is 39.9 Å². The van der Waals surface area contributed by atoms with E-state index in [-0.39, 0.29) is 6.04 Å². The Bertz CT molecular complexity index is 638. The van der Waals surface area contributed by atoms with Crippen LogP contribution in [0.25, 0.3) is 11.4 Å². The van der Waals surface area contributed by atoms with Crippen molar-refractivity contribution in [3.05, 3.63) is 41.2 Å². The Kier molecular flexibility index (Phi) is 5.33. The number of likely N-dealkylation sites (N-methyl/N-ethyl adjacent to an activating group) is 1. The molecule has 1 unspecified atom stereocenters. The van der Waals surface area contributed by atoms with E-state index in [1.807, 2.05) is 32.3 Å². The van der Waals surface area contributed by atoms with Crippen molar-refractivity contribution in [3.63, 3.8) is 0 Å². The lowest BCUT2D eigenvalue weighted by Crippen LogP contribution is -2.43. The monoisotopic (exact) mass is 334 g/mol. The van der Waals surface area contributed by atoms with Crippen LogP contribution in [0, 0.1) is 0 Å². The quantitative estimate of drug-likeness (QED) is 0.911. The number of benzene rings is 1. The third-order valence-electron chi connectivity index (χ3n) is 4.33. The number of rotatable bonds is 5. The van der Waals surface area contributed by atoms with E-state index in [1.54, 1.807) is 0 Å². The number of nitrogens with one attached hydrogen (secondary N) is 1. The van der Waals surface area contributed by atoms with E-state index >= 15 is 0 Å². The Hall–Kier alpha value is -1.40. The van der Waals surface area contributed by atoms with Crippen molar-refractivity contribution in [2.24, 2.45) is 7.05 Å². The highest BCUT2D eigenvalue weighted by atomic mass is 35.5. The molecule has 23 heavy (non-hydrogen) atoms. The van der Waals surface area contributed by atoms with Crippen molar-refractivity contribution >= 4 is 11.6 Å². The van der Waals surface area contributed by atoms with Gasteiger partial charge in [-0.3, -0.25) is 4.90 Å². The average Bonchev–Trinajstić information content (AvgIpc) is 2.89. The third kappa shape index (κ3) is 3.43. The molecule has 1 saturated heterocycles. The molecule has 0 bridgehead atoms. The van der Waals surface area contributed by atoms with Crippen LogP contribution in [-0.2, 0) is 11.8 Å². The van der Waals surface area contributed by atoms with Crippen LogP contribution in [0.5, 0.6) is 0 Å². The van der Waals surface area contributed by atoms with Crippen molar-refractivity contribution in [1.29, 1.82) is 0 Å². The number of halogens is 1. The second kappa shape index (κ2) is 7.45. The Morgan fingerprint density at radius 3 is 2.61 bits per heavy atom. The van der Waals surface area contributed by atoms with Gasteiger partial charge in [-0.25, -0.2) is 4.98 Å². The molecule has 5 nitrogen and oxygen atoms in total. The molecule has 2 heterocycles. The summed E-state index contributed by atoms with van der Waals surface area (Å²) in [5.41, 5.74) is 2.13. The van der Waals surface area contributed by atoms with Crippen LogP contribution >= 0.6 is 11.6 Å². The van der Waals surface area contributed by atoms with Gasteiger partial charge in [0.25, 0.3) is 0 Å². The van der Waals surface area contributed by atoms with Gasteiger partial charge in [0.1, 0.15) is 5.82 Å².